The van der Waals surface area contributed by atoms with Crippen molar-refractivity contribution in [3.63, 3.8) is 0 Å². The molecule has 1 aromatic rings. The molecule has 0 fully saturated rings. The van der Waals surface area contributed by atoms with Crippen molar-refractivity contribution in [1.29, 1.82) is 0 Å². The van der Waals surface area contributed by atoms with Crippen LogP contribution in [0, 0.1) is 0 Å². The van der Waals surface area contributed by atoms with Gasteiger partial charge in [-0.3, -0.25) is 0 Å². The monoisotopic (exact) mass is 248 g/mol. The summed E-state index contributed by atoms with van der Waals surface area (Å²) in [6.07, 6.45) is 2.71. The van der Waals surface area contributed by atoms with E-state index >= 15 is 0 Å². The summed E-state index contributed by atoms with van der Waals surface area (Å²) in [7, 11) is 4.12. The molecule has 0 saturated carbocycles. The van der Waals surface area contributed by atoms with Crippen molar-refractivity contribution in [3.8, 4) is 5.75 Å². The molecule has 1 N–H and O–H groups in total. The molecule has 2 rings (SSSR count). The van der Waals surface area contributed by atoms with Crippen molar-refractivity contribution in [3.05, 3.63) is 29.3 Å². The van der Waals surface area contributed by atoms with E-state index in [1.54, 1.807) is 0 Å². The number of hydrogen-bond donors (Lipinski definition) is 1. The van der Waals surface area contributed by atoms with Crippen molar-refractivity contribution in [1.82, 2.24) is 4.90 Å². The molecule has 0 amide bonds. The van der Waals surface area contributed by atoms with E-state index in [4.69, 9.17) is 9.94 Å². The molecule has 0 radical (unpaired) electrons. The Hall–Kier alpha value is -1.55. The smallest absolute Gasteiger partial charge is 0.123 e. The second-order valence-corrected chi connectivity index (χ2v) is 4.83. The summed E-state index contributed by atoms with van der Waals surface area (Å²) in [6.45, 7) is 1.75. The fourth-order valence-corrected chi connectivity index (χ4v) is 2.27. The Bertz CT molecular complexity index is 441. The fourth-order valence-electron chi connectivity index (χ4n) is 2.27. The van der Waals surface area contributed by atoms with Gasteiger partial charge < -0.3 is 14.8 Å². The molecule has 0 bridgehead atoms. The molecule has 0 heterocycles. The van der Waals surface area contributed by atoms with Gasteiger partial charge in [-0.2, -0.15) is 0 Å². The number of hydrogen-bond acceptors (Lipinski definition) is 4. The molecule has 0 saturated heterocycles. The number of nitrogens with zero attached hydrogens (tertiary/aromatic N) is 2. The summed E-state index contributed by atoms with van der Waals surface area (Å²) in [5, 5.41) is 12.3. The molecule has 18 heavy (non-hydrogen) atoms. The van der Waals surface area contributed by atoms with Crippen LogP contribution in [0.2, 0.25) is 0 Å². The predicted molar refractivity (Wildman–Crippen MR) is 71.8 cm³/mol. The lowest BCUT2D eigenvalue weighted by molar-refractivity contribution is 0.279. The molecule has 0 aromatic heterocycles. The first-order chi connectivity index (χ1) is 8.72. The van der Waals surface area contributed by atoms with Crippen molar-refractivity contribution in [2.75, 3.05) is 27.2 Å². The highest BCUT2D eigenvalue weighted by atomic mass is 16.5. The van der Waals surface area contributed by atoms with Crippen molar-refractivity contribution in [2.45, 2.75) is 19.3 Å². The van der Waals surface area contributed by atoms with Gasteiger partial charge in [-0.05, 0) is 39.4 Å². The van der Waals surface area contributed by atoms with Gasteiger partial charge in [0.15, 0.2) is 0 Å². The minimum Gasteiger partial charge on any atom is -0.493 e. The number of fused-ring (bicyclic) bond motifs is 1. The Balaban J connectivity index is 2.00. The molecular weight excluding hydrogens is 228 g/mol. The van der Waals surface area contributed by atoms with E-state index in [-0.39, 0.29) is 0 Å². The van der Waals surface area contributed by atoms with E-state index in [1.807, 2.05) is 18.2 Å². The molecule has 1 aliphatic rings. The van der Waals surface area contributed by atoms with Crippen LogP contribution < -0.4 is 4.74 Å². The van der Waals surface area contributed by atoms with E-state index in [0.29, 0.717) is 0 Å². The van der Waals surface area contributed by atoms with Gasteiger partial charge in [-0.25, -0.2) is 0 Å². The Morgan fingerprint density at radius 3 is 2.89 bits per heavy atom. The maximum Gasteiger partial charge on any atom is 0.123 e. The topological polar surface area (TPSA) is 45.1 Å². The SMILES string of the molecule is CN(C)CCCOc1cccc2c1CC/C2=N\O. The van der Waals surface area contributed by atoms with Crippen LogP contribution in [0.1, 0.15) is 24.0 Å². The van der Waals surface area contributed by atoms with Crippen molar-refractivity contribution < 1.29 is 9.94 Å². The average molecular weight is 248 g/mol. The van der Waals surface area contributed by atoms with Gasteiger partial charge in [-0.15, -0.1) is 0 Å². The molecule has 0 unspecified atom stereocenters. The minimum atomic E-state index is 0.722. The Labute approximate surface area is 108 Å². The molecule has 4 nitrogen and oxygen atoms in total. The van der Waals surface area contributed by atoms with Gasteiger partial charge in [-0.1, -0.05) is 17.3 Å². The fraction of sp³-hybridized carbons (Fsp3) is 0.500. The zero-order chi connectivity index (χ0) is 13.0. The van der Waals surface area contributed by atoms with E-state index in [1.165, 1.54) is 5.56 Å². The average Bonchev–Trinajstić information content (AvgIpc) is 2.78. The third kappa shape index (κ3) is 2.82. The van der Waals surface area contributed by atoms with Crippen LogP contribution in [0.4, 0.5) is 0 Å². The highest BCUT2D eigenvalue weighted by Crippen LogP contribution is 2.30. The Kier molecular flexibility index (Phi) is 4.20. The summed E-state index contributed by atoms with van der Waals surface area (Å²) < 4.78 is 5.83. The normalized spacial score (nSPS) is 16.3. The zero-order valence-corrected chi connectivity index (χ0v) is 11.0. The van der Waals surface area contributed by atoms with Crippen molar-refractivity contribution in [2.24, 2.45) is 5.16 Å². The molecule has 1 aliphatic carbocycles. The molecule has 4 heteroatoms. The summed E-state index contributed by atoms with van der Waals surface area (Å²) in [5.41, 5.74) is 2.97. The van der Waals surface area contributed by atoms with E-state index < -0.39 is 0 Å². The van der Waals surface area contributed by atoms with Crippen LogP contribution in [-0.4, -0.2) is 43.1 Å². The van der Waals surface area contributed by atoms with Gasteiger partial charge in [0.2, 0.25) is 0 Å². The van der Waals surface area contributed by atoms with E-state index in [2.05, 4.69) is 24.2 Å². The highest BCUT2D eigenvalue weighted by molar-refractivity contribution is 6.04. The lowest BCUT2D eigenvalue weighted by Gasteiger charge is -2.12. The van der Waals surface area contributed by atoms with Gasteiger partial charge in [0, 0.05) is 17.7 Å². The summed E-state index contributed by atoms with van der Waals surface area (Å²) in [4.78, 5) is 2.15. The first-order valence-electron chi connectivity index (χ1n) is 6.33. The minimum absolute atomic E-state index is 0.722. The number of rotatable bonds is 5. The van der Waals surface area contributed by atoms with Gasteiger partial charge in [0.1, 0.15) is 5.75 Å². The molecule has 1 aromatic carbocycles. The lowest BCUT2D eigenvalue weighted by Crippen LogP contribution is -2.15. The maximum absolute atomic E-state index is 8.92. The predicted octanol–water partition coefficient (Wildman–Crippen LogP) is 2.14. The number of ether oxygens (including phenoxy) is 1. The van der Waals surface area contributed by atoms with Gasteiger partial charge in [0.05, 0.1) is 12.3 Å². The van der Waals surface area contributed by atoms with Gasteiger partial charge >= 0.3 is 0 Å². The Morgan fingerprint density at radius 1 is 1.33 bits per heavy atom. The maximum atomic E-state index is 8.92. The molecule has 0 spiro atoms. The first-order valence-corrected chi connectivity index (χ1v) is 6.33. The third-order valence-corrected chi connectivity index (χ3v) is 3.18. The van der Waals surface area contributed by atoms with Crippen LogP contribution in [0.25, 0.3) is 0 Å². The quantitative estimate of drug-likeness (QED) is 0.493. The molecule has 0 aliphatic heterocycles. The van der Waals surface area contributed by atoms with Crippen molar-refractivity contribution >= 4 is 5.71 Å². The summed E-state index contributed by atoms with van der Waals surface area (Å²) in [6, 6.07) is 5.94. The second kappa shape index (κ2) is 5.87. The summed E-state index contributed by atoms with van der Waals surface area (Å²) >= 11 is 0. The third-order valence-electron chi connectivity index (χ3n) is 3.18. The van der Waals surface area contributed by atoms with E-state index in [0.717, 1.165) is 49.4 Å². The van der Waals surface area contributed by atoms with Crippen LogP contribution in [0.3, 0.4) is 0 Å². The lowest BCUT2D eigenvalue weighted by atomic mass is 10.1. The highest BCUT2D eigenvalue weighted by Gasteiger charge is 2.21. The standard InChI is InChI=1S/C14H20N2O2/c1-16(2)9-4-10-18-14-6-3-5-11-12(14)7-8-13(11)15-17/h3,5-6,17H,4,7-10H2,1-2H3/b15-13+. The van der Waals surface area contributed by atoms with Gasteiger partial charge in [0.25, 0.3) is 0 Å². The zero-order valence-electron chi connectivity index (χ0n) is 11.0. The number of benzene rings is 1. The molecule has 0 atom stereocenters. The summed E-state index contributed by atoms with van der Waals surface area (Å²) in [5.74, 6) is 0.935. The van der Waals surface area contributed by atoms with Crippen LogP contribution in [0.15, 0.2) is 23.4 Å². The number of oxime groups is 1. The molecular formula is C14H20N2O2. The van der Waals surface area contributed by atoms with Crippen LogP contribution >= 0.6 is 0 Å². The first kappa shape index (κ1) is 12.9. The van der Waals surface area contributed by atoms with E-state index in [9.17, 15) is 0 Å². The Morgan fingerprint density at radius 2 is 2.17 bits per heavy atom. The second-order valence-electron chi connectivity index (χ2n) is 4.83. The van der Waals surface area contributed by atoms with Crippen LogP contribution in [0.5, 0.6) is 5.75 Å². The largest absolute Gasteiger partial charge is 0.493 e. The molecule has 98 valence electrons. The van der Waals surface area contributed by atoms with Crippen LogP contribution in [-0.2, 0) is 6.42 Å².